The van der Waals surface area contributed by atoms with Gasteiger partial charge in [0.1, 0.15) is 4.49 Å². The maximum absolute atomic E-state index is 5.43. The molecule has 1 aromatic carbocycles. The molecular weight excluding hydrogens is 227 g/mol. The zero-order valence-electron chi connectivity index (χ0n) is 8.45. The molecule has 1 aliphatic carbocycles. The number of allylic oxidation sites excluding steroid dienone is 5. The van der Waals surface area contributed by atoms with E-state index in [0.717, 1.165) is 5.57 Å². The Morgan fingerprint density at radius 1 is 0.933 bits per heavy atom. The van der Waals surface area contributed by atoms with Crippen LogP contribution in [0, 0.1) is 6.92 Å². The molecule has 0 nitrogen and oxygen atoms in total. The van der Waals surface area contributed by atoms with Gasteiger partial charge in [-0.1, -0.05) is 83.4 Å². The molecule has 0 aromatic heterocycles. The summed E-state index contributed by atoms with van der Waals surface area (Å²) in [5.74, 6) is 0. The standard InChI is InChI=1S/C7H8.C6H4Cl2/c1-7-5-3-2-4-6-7;7-6(8)5-3-1-2-4-5/h2-6H,1H3;1-4H. The summed E-state index contributed by atoms with van der Waals surface area (Å²) in [6.07, 6.45) is 7.49. The van der Waals surface area contributed by atoms with E-state index in [1.54, 1.807) is 0 Å². The Morgan fingerprint density at radius 2 is 1.47 bits per heavy atom. The lowest BCUT2D eigenvalue weighted by molar-refractivity contribution is 1.48. The molecule has 0 atom stereocenters. The number of benzene rings is 1. The van der Waals surface area contributed by atoms with E-state index in [0.29, 0.717) is 4.49 Å². The molecule has 0 bridgehead atoms. The van der Waals surface area contributed by atoms with Crippen LogP contribution in [0.3, 0.4) is 0 Å². The van der Waals surface area contributed by atoms with Crippen molar-refractivity contribution in [3.05, 3.63) is 70.3 Å². The molecule has 0 spiro atoms. The lowest BCUT2D eigenvalue weighted by Gasteiger charge is -1.84. The predicted molar refractivity (Wildman–Crippen MR) is 68.2 cm³/mol. The number of aryl methyl sites for hydroxylation is 1. The van der Waals surface area contributed by atoms with Crippen molar-refractivity contribution in [1.82, 2.24) is 0 Å². The summed E-state index contributed by atoms with van der Waals surface area (Å²) < 4.78 is 0.329. The highest BCUT2D eigenvalue weighted by Gasteiger charge is 1.95. The van der Waals surface area contributed by atoms with Gasteiger partial charge in [-0.3, -0.25) is 0 Å². The van der Waals surface area contributed by atoms with Gasteiger partial charge in [0.05, 0.1) is 0 Å². The Balaban J connectivity index is 0.000000151. The Labute approximate surface area is 101 Å². The van der Waals surface area contributed by atoms with Gasteiger partial charge in [-0.2, -0.15) is 0 Å². The van der Waals surface area contributed by atoms with Gasteiger partial charge >= 0.3 is 0 Å². The Kier molecular flexibility index (Phi) is 5.23. The number of hydrogen-bond donors (Lipinski definition) is 0. The van der Waals surface area contributed by atoms with Gasteiger partial charge in [-0.25, -0.2) is 0 Å². The molecule has 0 saturated carbocycles. The molecular formula is C13H12Cl2. The summed E-state index contributed by atoms with van der Waals surface area (Å²) >= 11 is 10.9. The average molecular weight is 239 g/mol. The van der Waals surface area contributed by atoms with Gasteiger partial charge < -0.3 is 0 Å². The predicted octanol–water partition coefficient (Wildman–Crippen LogP) is 4.80. The van der Waals surface area contributed by atoms with E-state index < -0.39 is 0 Å². The van der Waals surface area contributed by atoms with E-state index in [1.165, 1.54) is 5.56 Å². The van der Waals surface area contributed by atoms with Crippen molar-refractivity contribution < 1.29 is 0 Å². The SMILES string of the molecule is Cc1ccccc1.ClC(Cl)=C1C=CC=C1. The second-order valence-electron chi connectivity index (χ2n) is 3.09. The summed E-state index contributed by atoms with van der Waals surface area (Å²) in [6, 6.07) is 10.3. The lowest BCUT2D eigenvalue weighted by atomic mass is 10.2. The number of halogens is 2. The fourth-order valence-electron chi connectivity index (χ4n) is 1.03. The first-order valence-corrected chi connectivity index (χ1v) is 5.37. The van der Waals surface area contributed by atoms with Gasteiger partial charge in [-0.05, 0) is 6.92 Å². The van der Waals surface area contributed by atoms with Crippen molar-refractivity contribution in [3.8, 4) is 0 Å². The van der Waals surface area contributed by atoms with Crippen LogP contribution in [0.15, 0.2) is 64.7 Å². The molecule has 15 heavy (non-hydrogen) atoms. The van der Waals surface area contributed by atoms with Gasteiger partial charge in [0.25, 0.3) is 0 Å². The molecule has 2 rings (SSSR count). The summed E-state index contributed by atoms with van der Waals surface area (Å²) in [5.41, 5.74) is 2.20. The molecule has 2 heteroatoms. The average Bonchev–Trinajstić information content (AvgIpc) is 2.72. The second kappa shape index (κ2) is 6.49. The van der Waals surface area contributed by atoms with Crippen LogP contribution in [0.4, 0.5) is 0 Å². The molecule has 0 fully saturated rings. The van der Waals surface area contributed by atoms with Gasteiger partial charge in [0.2, 0.25) is 0 Å². The van der Waals surface area contributed by atoms with Crippen molar-refractivity contribution in [1.29, 1.82) is 0 Å². The Morgan fingerprint density at radius 3 is 1.73 bits per heavy atom. The second-order valence-corrected chi connectivity index (χ2v) is 4.04. The van der Waals surface area contributed by atoms with Crippen LogP contribution in [-0.2, 0) is 0 Å². The lowest BCUT2D eigenvalue weighted by Crippen LogP contribution is -1.63. The van der Waals surface area contributed by atoms with E-state index in [1.807, 2.05) is 42.5 Å². The fourth-order valence-corrected chi connectivity index (χ4v) is 1.29. The van der Waals surface area contributed by atoms with Gasteiger partial charge in [0, 0.05) is 5.57 Å². The minimum absolute atomic E-state index is 0.329. The van der Waals surface area contributed by atoms with Gasteiger partial charge in [0.15, 0.2) is 0 Å². The quantitative estimate of drug-likeness (QED) is 0.610. The van der Waals surface area contributed by atoms with Crippen LogP contribution >= 0.6 is 23.2 Å². The minimum Gasteiger partial charge on any atom is -0.0702 e. The van der Waals surface area contributed by atoms with E-state index >= 15 is 0 Å². The van der Waals surface area contributed by atoms with Crippen LogP contribution < -0.4 is 0 Å². The first kappa shape index (κ1) is 12.1. The van der Waals surface area contributed by atoms with Crippen molar-refractivity contribution >= 4 is 23.2 Å². The largest absolute Gasteiger partial charge is 0.114 e. The van der Waals surface area contributed by atoms with Crippen LogP contribution in [0.25, 0.3) is 0 Å². The molecule has 78 valence electrons. The Hall–Kier alpha value is -0.980. The monoisotopic (exact) mass is 238 g/mol. The number of rotatable bonds is 0. The smallest absolute Gasteiger partial charge is 0.0702 e. The highest BCUT2D eigenvalue weighted by atomic mass is 35.5. The van der Waals surface area contributed by atoms with Crippen molar-refractivity contribution in [2.45, 2.75) is 6.92 Å². The Bertz CT molecular complexity index is 368. The molecule has 1 aromatic rings. The van der Waals surface area contributed by atoms with E-state index in [9.17, 15) is 0 Å². The minimum atomic E-state index is 0.329. The van der Waals surface area contributed by atoms with Crippen molar-refractivity contribution in [2.24, 2.45) is 0 Å². The van der Waals surface area contributed by atoms with E-state index in [2.05, 4.69) is 19.1 Å². The molecule has 0 unspecified atom stereocenters. The third kappa shape index (κ3) is 4.87. The molecule has 0 radical (unpaired) electrons. The summed E-state index contributed by atoms with van der Waals surface area (Å²) in [6.45, 7) is 2.08. The van der Waals surface area contributed by atoms with Crippen LogP contribution in [-0.4, -0.2) is 0 Å². The summed E-state index contributed by atoms with van der Waals surface area (Å²) in [5, 5.41) is 0. The van der Waals surface area contributed by atoms with Gasteiger partial charge in [-0.15, -0.1) is 0 Å². The molecule has 0 aliphatic heterocycles. The highest BCUT2D eigenvalue weighted by Crippen LogP contribution is 2.19. The maximum Gasteiger partial charge on any atom is 0.114 e. The summed E-state index contributed by atoms with van der Waals surface area (Å²) in [7, 11) is 0. The van der Waals surface area contributed by atoms with Crippen molar-refractivity contribution in [3.63, 3.8) is 0 Å². The first-order chi connectivity index (χ1) is 7.20. The van der Waals surface area contributed by atoms with Crippen LogP contribution in [0.5, 0.6) is 0 Å². The number of hydrogen-bond acceptors (Lipinski definition) is 0. The fraction of sp³-hybridized carbons (Fsp3) is 0.0769. The third-order valence-corrected chi connectivity index (χ3v) is 2.26. The van der Waals surface area contributed by atoms with Crippen LogP contribution in [0.1, 0.15) is 5.56 Å². The molecule has 0 heterocycles. The normalized spacial score (nSPS) is 12.3. The molecule has 0 N–H and O–H groups in total. The van der Waals surface area contributed by atoms with E-state index in [4.69, 9.17) is 23.2 Å². The molecule has 1 aliphatic rings. The molecule has 0 saturated heterocycles. The zero-order chi connectivity index (χ0) is 11.1. The molecule has 0 amide bonds. The maximum atomic E-state index is 5.43. The summed E-state index contributed by atoms with van der Waals surface area (Å²) in [4.78, 5) is 0. The van der Waals surface area contributed by atoms with Crippen LogP contribution in [0.2, 0.25) is 0 Å². The van der Waals surface area contributed by atoms with Crippen molar-refractivity contribution in [2.75, 3.05) is 0 Å². The van der Waals surface area contributed by atoms with E-state index in [-0.39, 0.29) is 0 Å². The topological polar surface area (TPSA) is 0 Å². The zero-order valence-corrected chi connectivity index (χ0v) is 9.96. The highest BCUT2D eigenvalue weighted by molar-refractivity contribution is 6.56. The first-order valence-electron chi connectivity index (χ1n) is 4.62. The third-order valence-electron chi connectivity index (χ3n) is 1.82.